The maximum absolute atomic E-state index is 14.6. The van der Waals surface area contributed by atoms with Crippen molar-refractivity contribution in [1.82, 2.24) is 15.0 Å². The number of hydrogen-bond acceptors (Lipinski definition) is 18. The van der Waals surface area contributed by atoms with Gasteiger partial charge in [-0.15, -0.1) is 10.2 Å². The Hall–Kier alpha value is -3.56. The van der Waals surface area contributed by atoms with Gasteiger partial charge >= 0.3 is 88.7 Å². The molecule has 5 aromatic rings. The monoisotopic (exact) mass is 960 g/mol. The van der Waals surface area contributed by atoms with Crippen molar-refractivity contribution in [3.63, 3.8) is 0 Å². The molecule has 5 rings (SSSR count). The van der Waals surface area contributed by atoms with Crippen LogP contribution in [0.4, 0.5) is 32.8 Å². The number of rotatable bonds is 13. The molecule has 6 N–H and O–H groups in total. The molecule has 0 aliphatic heterocycles. The molecular formula is C31H24FN10Na3O13S4. The van der Waals surface area contributed by atoms with Gasteiger partial charge in [0, 0.05) is 16.8 Å². The van der Waals surface area contributed by atoms with Crippen LogP contribution in [0.5, 0.6) is 0 Å². The van der Waals surface area contributed by atoms with Crippen molar-refractivity contribution >= 4 is 91.3 Å². The fourth-order valence-corrected chi connectivity index (χ4v) is 7.36. The number of sulfone groups is 1. The number of amidine groups is 1. The molecule has 1 aromatic heterocycles. The van der Waals surface area contributed by atoms with Crippen molar-refractivity contribution in [3.8, 4) is 0 Å². The fourth-order valence-electron chi connectivity index (χ4n) is 4.87. The molecule has 0 spiro atoms. The van der Waals surface area contributed by atoms with E-state index in [4.69, 9.17) is 5.41 Å². The number of H-pyrrole nitrogens is 2. The number of azo groups is 1. The molecule has 0 saturated heterocycles. The van der Waals surface area contributed by atoms with E-state index in [0.29, 0.717) is 24.3 Å². The van der Waals surface area contributed by atoms with Crippen LogP contribution in [0.15, 0.2) is 119 Å². The van der Waals surface area contributed by atoms with E-state index in [1.807, 2.05) is 0 Å². The van der Waals surface area contributed by atoms with E-state index >= 15 is 0 Å². The fraction of sp³-hybridized carbons (Fsp3) is 0.0645. The molecule has 62 heavy (non-hydrogen) atoms. The zero-order chi connectivity index (χ0) is 43.5. The largest absolute Gasteiger partial charge is 1.00 e. The first-order valence-electron chi connectivity index (χ1n) is 15.7. The third-order valence-electron chi connectivity index (χ3n) is 7.42. The van der Waals surface area contributed by atoms with Gasteiger partial charge in [-0.3, -0.25) is 29.5 Å². The molecule has 1 heterocycles. The van der Waals surface area contributed by atoms with Gasteiger partial charge in [-0.2, -0.15) is 26.2 Å². The topological polar surface area (TPSA) is 388 Å². The second kappa shape index (κ2) is 21.9. The van der Waals surface area contributed by atoms with Crippen LogP contribution in [-0.4, -0.2) is 86.5 Å². The Morgan fingerprint density at radius 3 is 2.10 bits per heavy atom. The zero-order valence-electron chi connectivity index (χ0n) is 32.1. The minimum atomic E-state index is -5.34. The molecule has 0 unspecified atom stereocenters. The summed E-state index contributed by atoms with van der Waals surface area (Å²) < 4.78 is 141. The van der Waals surface area contributed by atoms with E-state index in [-0.39, 0.29) is 135 Å². The van der Waals surface area contributed by atoms with Gasteiger partial charge in [0.05, 0.1) is 34.3 Å². The van der Waals surface area contributed by atoms with Gasteiger partial charge in [0.15, 0.2) is 9.84 Å². The summed E-state index contributed by atoms with van der Waals surface area (Å²) in [5, 5.41) is 40.9. The number of benzene rings is 4. The standard InChI is InChI=1S/C31H27FN10O13S4.3Na/c1-2-56(45,46)9-8-34-27(43)16-4-3-5-18(10-16)35-30-38-28(32)39-31(40-30)36-19-6-7-22(23(13-19)37-29(33)44)41-42-24-15-21-17(12-26(24)59(53,54)55)11-20(57(47,48)49)14-25(21)58(50,51)52;;;/h2-7,10-15H,1,8-9H2,(H,34,43)(H3,33,37,44)(H,47,48,49)(H,50,51,52)(H,53,54,55)(H2,35,36,38,39,40);;;/q;3*+1/p-3. The van der Waals surface area contributed by atoms with E-state index in [1.165, 1.54) is 30.3 Å². The Morgan fingerprint density at radius 2 is 1.48 bits per heavy atom. The number of halogens is 1. The van der Waals surface area contributed by atoms with Gasteiger partial charge in [0.2, 0.25) is 11.2 Å². The normalized spacial score (nSPS) is 12.9. The summed E-state index contributed by atoms with van der Waals surface area (Å²) in [6.45, 7) is 2.85. The van der Waals surface area contributed by atoms with Crippen LogP contribution in [-0.2, 0) is 40.2 Å². The molecule has 23 nitrogen and oxygen atoms in total. The summed E-state index contributed by atoms with van der Waals surface area (Å²) in [7, 11) is -19.4. The summed E-state index contributed by atoms with van der Waals surface area (Å²) in [6.07, 6.45) is -1.19. The Balaban J connectivity index is 0.00000441. The molecule has 310 valence electrons. The third kappa shape index (κ3) is 14.8. The Bertz CT molecular complexity index is 3240. The summed E-state index contributed by atoms with van der Waals surface area (Å²) in [5.41, 5.74) is -2.01. The molecule has 0 atom stereocenters. The first kappa shape index (κ1) is 54.6. The van der Waals surface area contributed by atoms with Gasteiger partial charge < -0.3 is 20.1 Å². The molecule has 0 fully saturated rings. The second-order valence-corrected chi connectivity index (χ2v) is 17.8. The number of hydrogen-bond donors (Lipinski definition) is 6. The Kier molecular flexibility index (Phi) is 19.3. The van der Waals surface area contributed by atoms with E-state index < -0.39 is 95.1 Å². The minimum absolute atomic E-state index is 0. The van der Waals surface area contributed by atoms with Gasteiger partial charge in [0.25, 0.3) is 26.3 Å². The predicted molar refractivity (Wildman–Crippen MR) is 199 cm³/mol. The summed E-state index contributed by atoms with van der Waals surface area (Å²) >= 11 is 0. The second-order valence-electron chi connectivity index (χ2n) is 11.5. The summed E-state index contributed by atoms with van der Waals surface area (Å²) in [4.78, 5) is 17.0. The summed E-state index contributed by atoms with van der Waals surface area (Å²) in [5.74, 6) is -1.19. The molecule has 31 heteroatoms. The number of anilines is 1. The van der Waals surface area contributed by atoms with E-state index in [2.05, 4.69) is 52.1 Å². The Labute approximate surface area is 416 Å². The van der Waals surface area contributed by atoms with Crippen LogP contribution in [0, 0.1) is 11.5 Å². The molecule has 0 amide bonds. The maximum atomic E-state index is 14.6. The minimum Gasteiger partial charge on any atom is -0.858 e. The summed E-state index contributed by atoms with van der Waals surface area (Å²) in [6, 6.07) is 9.75. The van der Waals surface area contributed by atoms with Gasteiger partial charge in [-0.05, 0) is 71.4 Å². The number of aromatic amines is 2. The van der Waals surface area contributed by atoms with Crippen molar-refractivity contribution < 1.29 is 151 Å². The average Bonchev–Trinajstić information content (AvgIpc) is 3.12. The van der Waals surface area contributed by atoms with Crippen LogP contribution in [0.1, 0.15) is 5.56 Å². The Morgan fingerprint density at radius 1 is 0.839 bits per heavy atom. The van der Waals surface area contributed by atoms with Crippen molar-refractivity contribution in [1.29, 1.82) is 5.41 Å². The van der Waals surface area contributed by atoms with Gasteiger partial charge in [0.1, 0.15) is 31.3 Å². The first-order valence-corrected chi connectivity index (χ1v) is 21.7. The van der Waals surface area contributed by atoms with Crippen LogP contribution in [0.3, 0.4) is 0 Å². The van der Waals surface area contributed by atoms with Gasteiger partial charge in [-0.25, -0.2) is 26.8 Å². The van der Waals surface area contributed by atoms with E-state index in [9.17, 15) is 61.9 Å². The molecular weight excluding hydrogens is 937 g/mol. The number of nitrogens with one attached hydrogen (secondary N) is 4. The smallest absolute Gasteiger partial charge is 0.858 e. The van der Waals surface area contributed by atoms with Crippen molar-refractivity contribution in [2.45, 2.75) is 14.7 Å². The quantitative estimate of drug-likeness (QED) is 0.0210. The molecule has 0 aliphatic rings. The van der Waals surface area contributed by atoms with Gasteiger partial charge in [-0.1, -0.05) is 18.7 Å². The van der Waals surface area contributed by atoms with E-state index in [0.717, 1.165) is 17.5 Å². The average molecular weight is 961 g/mol. The zero-order valence-corrected chi connectivity index (χ0v) is 41.4. The van der Waals surface area contributed by atoms with Crippen molar-refractivity contribution in [3.05, 3.63) is 102 Å². The number of aliphatic imine (C=N–C) groups is 1. The van der Waals surface area contributed by atoms with Crippen molar-refractivity contribution in [2.24, 2.45) is 25.2 Å². The molecule has 0 bridgehead atoms. The molecule has 4 aromatic carbocycles. The molecule has 0 radical (unpaired) electrons. The van der Waals surface area contributed by atoms with Crippen LogP contribution < -0.4 is 115 Å². The maximum Gasteiger partial charge on any atom is 1.00 e. The number of aromatic nitrogens is 3. The predicted octanol–water partition coefficient (Wildman–Crippen LogP) is -8.31. The van der Waals surface area contributed by atoms with Crippen LogP contribution >= 0.6 is 0 Å². The third-order valence-corrected chi connectivity index (χ3v) is 11.3. The van der Waals surface area contributed by atoms with E-state index in [1.54, 1.807) is 0 Å². The number of fused-ring (bicyclic) bond motifs is 1. The molecule has 0 saturated carbocycles. The number of nitrogens with zero attached hydrogens (tertiary/aromatic N) is 6. The molecule has 0 aliphatic carbocycles. The SMILES string of the molecule is C=CS(=O)(=O)CCN=C([O-])c1cccc(N=c2nc(F)[nH]c(=Nc3ccc(N=Nc4cc5c(S(=O)(=O)O)cc(S(=O)(=O)[O-])cc5cc4S(=O)(=O)O)c(NC(=N)[O-])c3)[nH]2)c1.[Na+].[Na+].[Na+]. The van der Waals surface area contributed by atoms with Crippen molar-refractivity contribution in [2.75, 3.05) is 17.6 Å². The van der Waals surface area contributed by atoms with Crippen LogP contribution in [0.2, 0.25) is 0 Å². The van der Waals surface area contributed by atoms with Crippen LogP contribution in [0.25, 0.3) is 10.8 Å². The first-order chi connectivity index (χ1) is 27.4.